The van der Waals surface area contributed by atoms with E-state index in [0.717, 1.165) is 64.3 Å². The van der Waals surface area contributed by atoms with E-state index in [-0.39, 0.29) is 18.0 Å². The lowest BCUT2D eigenvalue weighted by Crippen LogP contribution is -2.20. The first-order chi connectivity index (χ1) is 25.4. The number of rotatable bonds is 39. The van der Waals surface area contributed by atoms with E-state index < -0.39 is 0 Å². The maximum Gasteiger partial charge on any atom is 0.330 e. The van der Waals surface area contributed by atoms with E-state index in [9.17, 15) is 9.59 Å². The zero-order valence-corrected chi connectivity index (χ0v) is 35.4. The van der Waals surface area contributed by atoms with Gasteiger partial charge in [-0.1, -0.05) is 147 Å². The van der Waals surface area contributed by atoms with Gasteiger partial charge in [0.2, 0.25) is 0 Å². The van der Waals surface area contributed by atoms with Gasteiger partial charge >= 0.3 is 11.9 Å². The molecular weight excluding hydrogens is 643 g/mol. The first kappa shape index (κ1) is 50.1. The van der Waals surface area contributed by atoms with Crippen LogP contribution in [-0.4, -0.2) is 50.2 Å². The molecule has 0 saturated heterocycles. The maximum atomic E-state index is 12.8. The fourth-order valence-corrected chi connectivity index (χ4v) is 6.62. The summed E-state index contributed by atoms with van der Waals surface area (Å²) >= 11 is 0. The second kappa shape index (κ2) is 40.3. The minimum absolute atomic E-state index is 0.0371. The lowest BCUT2D eigenvalue weighted by molar-refractivity contribution is -0.150. The Balaban J connectivity index is 4.54. The average Bonchev–Trinajstić information content (AvgIpc) is 3.12. The number of carbonyl (C=O) groups is 2. The van der Waals surface area contributed by atoms with Gasteiger partial charge in [0.05, 0.1) is 6.61 Å². The highest BCUT2D eigenvalue weighted by Gasteiger charge is 2.15. The van der Waals surface area contributed by atoms with Gasteiger partial charge in [0, 0.05) is 12.5 Å². The van der Waals surface area contributed by atoms with Gasteiger partial charge in [0.15, 0.2) is 0 Å². The molecule has 5 nitrogen and oxygen atoms in total. The highest BCUT2D eigenvalue weighted by atomic mass is 16.5. The molecule has 0 aliphatic rings. The Morgan fingerprint density at radius 1 is 0.538 bits per heavy atom. The summed E-state index contributed by atoms with van der Waals surface area (Å²) in [6.07, 6.45) is 46.5. The molecule has 0 heterocycles. The van der Waals surface area contributed by atoms with E-state index in [1.165, 1.54) is 140 Å². The Bertz CT molecular complexity index is 877. The molecule has 0 N–H and O–H groups in total. The van der Waals surface area contributed by atoms with Crippen LogP contribution in [-0.2, 0) is 19.1 Å². The summed E-state index contributed by atoms with van der Waals surface area (Å²) in [4.78, 5) is 27.5. The number of unbranched alkanes of at least 4 members (excludes halogenated alkanes) is 19. The lowest BCUT2D eigenvalue weighted by atomic mass is 9.99. The van der Waals surface area contributed by atoms with Crippen LogP contribution < -0.4 is 0 Å². The van der Waals surface area contributed by atoms with Crippen molar-refractivity contribution in [3.8, 4) is 0 Å². The second-order valence-corrected chi connectivity index (χ2v) is 15.5. The number of ether oxygens (including phenoxy) is 2. The topological polar surface area (TPSA) is 55.8 Å². The van der Waals surface area contributed by atoms with Crippen molar-refractivity contribution in [3.63, 3.8) is 0 Å². The number of allylic oxidation sites excluding steroid dienone is 5. The monoisotopic (exact) mass is 730 g/mol. The van der Waals surface area contributed by atoms with Gasteiger partial charge in [-0.25, -0.2) is 4.79 Å². The highest BCUT2D eigenvalue weighted by molar-refractivity contribution is 5.82. The van der Waals surface area contributed by atoms with Gasteiger partial charge in [-0.15, -0.1) is 0 Å². The zero-order valence-electron chi connectivity index (χ0n) is 35.4. The summed E-state index contributed by atoms with van der Waals surface area (Å²) in [6.45, 7) is 8.09. The molecule has 0 aromatic rings. The van der Waals surface area contributed by atoms with Gasteiger partial charge < -0.3 is 14.4 Å². The van der Waals surface area contributed by atoms with Crippen LogP contribution in [0, 0.1) is 0 Å². The van der Waals surface area contributed by atoms with Crippen molar-refractivity contribution in [2.75, 3.05) is 27.2 Å². The molecule has 5 heteroatoms. The maximum absolute atomic E-state index is 12.8. The van der Waals surface area contributed by atoms with Crippen LogP contribution >= 0.6 is 0 Å². The van der Waals surface area contributed by atoms with E-state index in [2.05, 4.69) is 50.0 Å². The second-order valence-electron chi connectivity index (χ2n) is 15.5. The third-order valence-electron chi connectivity index (χ3n) is 9.95. The fourth-order valence-electron chi connectivity index (χ4n) is 6.62. The molecule has 0 aromatic carbocycles. The van der Waals surface area contributed by atoms with Crippen LogP contribution in [0.2, 0.25) is 0 Å². The molecule has 0 rings (SSSR count). The van der Waals surface area contributed by atoms with Crippen LogP contribution in [0.1, 0.15) is 220 Å². The molecule has 1 atom stereocenters. The van der Waals surface area contributed by atoms with Crippen molar-refractivity contribution in [1.29, 1.82) is 0 Å². The SMILES string of the molecule is CCCCC/C=C\C/C=C\CCCCCCCCC(CCCCOC(=O)/C=C(\CCCCCCC)CCCCCCCC)OC(=O)CCCN(C)C. The molecule has 0 aromatic heterocycles. The van der Waals surface area contributed by atoms with Crippen molar-refractivity contribution in [3.05, 3.63) is 36.0 Å². The molecule has 1 unspecified atom stereocenters. The van der Waals surface area contributed by atoms with Crippen LogP contribution in [0.3, 0.4) is 0 Å². The molecule has 0 bridgehead atoms. The summed E-state index contributed by atoms with van der Waals surface area (Å²) in [5.74, 6) is -0.254. The molecule has 304 valence electrons. The van der Waals surface area contributed by atoms with Crippen LogP contribution in [0.5, 0.6) is 0 Å². The minimum atomic E-state index is -0.181. The standard InChI is InChI=1S/C47H87NO4/c1-6-9-12-15-17-18-19-20-21-22-23-24-25-26-29-32-38-45(52-46(49)40-35-41-48(4)5)39-33-34-42-51-47(50)43-44(36-30-27-14-11-8-3)37-31-28-16-13-10-7-2/h17-18,20-21,43,45H,6-16,19,22-42H2,1-5H3/b18-17-,21-20-,44-43+. The van der Waals surface area contributed by atoms with Crippen molar-refractivity contribution >= 4 is 11.9 Å². The number of carbonyl (C=O) groups excluding carboxylic acids is 2. The summed E-state index contributed by atoms with van der Waals surface area (Å²) in [5.41, 5.74) is 1.27. The van der Waals surface area contributed by atoms with E-state index in [4.69, 9.17) is 9.47 Å². The average molecular weight is 730 g/mol. The first-order valence-electron chi connectivity index (χ1n) is 22.4. The third kappa shape index (κ3) is 37.9. The summed E-state index contributed by atoms with van der Waals surface area (Å²) < 4.78 is 11.7. The van der Waals surface area contributed by atoms with Crippen LogP contribution in [0.4, 0.5) is 0 Å². The minimum Gasteiger partial charge on any atom is -0.463 e. The Kier molecular flexibility index (Phi) is 38.9. The quantitative estimate of drug-likeness (QED) is 0.0273. The van der Waals surface area contributed by atoms with Gasteiger partial charge in [-0.05, 0) is 117 Å². The van der Waals surface area contributed by atoms with Gasteiger partial charge in [0.25, 0.3) is 0 Å². The number of hydrogen-bond donors (Lipinski definition) is 0. The Labute approximate surface area is 324 Å². The molecule has 0 saturated carbocycles. The van der Waals surface area contributed by atoms with Crippen LogP contribution in [0.25, 0.3) is 0 Å². The molecule has 52 heavy (non-hydrogen) atoms. The number of hydrogen-bond acceptors (Lipinski definition) is 5. The lowest BCUT2D eigenvalue weighted by Gasteiger charge is -2.18. The van der Waals surface area contributed by atoms with E-state index >= 15 is 0 Å². The van der Waals surface area contributed by atoms with Crippen molar-refractivity contribution in [2.45, 2.75) is 226 Å². The Morgan fingerprint density at radius 2 is 1.02 bits per heavy atom. The third-order valence-corrected chi connectivity index (χ3v) is 9.95. The van der Waals surface area contributed by atoms with Gasteiger partial charge in [-0.2, -0.15) is 0 Å². The van der Waals surface area contributed by atoms with Crippen molar-refractivity contribution in [1.82, 2.24) is 4.90 Å². The first-order valence-corrected chi connectivity index (χ1v) is 22.4. The smallest absolute Gasteiger partial charge is 0.330 e. The fraction of sp³-hybridized carbons (Fsp3) is 0.830. The summed E-state index contributed by atoms with van der Waals surface area (Å²) in [6, 6.07) is 0. The molecule has 0 aliphatic heterocycles. The Hall–Kier alpha value is -1.88. The summed E-state index contributed by atoms with van der Waals surface area (Å²) in [5, 5.41) is 0. The van der Waals surface area contributed by atoms with Gasteiger partial charge in [0.1, 0.15) is 6.10 Å². The summed E-state index contributed by atoms with van der Waals surface area (Å²) in [7, 11) is 4.07. The molecule has 0 spiro atoms. The molecule has 0 fully saturated rings. The van der Waals surface area contributed by atoms with E-state index in [1.807, 2.05) is 14.1 Å². The molecule has 0 radical (unpaired) electrons. The highest BCUT2D eigenvalue weighted by Crippen LogP contribution is 2.20. The number of nitrogens with zero attached hydrogens (tertiary/aromatic N) is 1. The zero-order chi connectivity index (χ0) is 38.2. The predicted molar refractivity (Wildman–Crippen MR) is 226 cm³/mol. The normalized spacial score (nSPS) is 12.8. The van der Waals surface area contributed by atoms with E-state index in [1.54, 1.807) is 6.08 Å². The van der Waals surface area contributed by atoms with Gasteiger partial charge in [-0.3, -0.25) is 4.79 Å². The van der Waals surface area contributed by atoms with Crippen molar-refractivity contribution < 1.29 is 19.1 Å². The molecule has 0 aliphatic carbocycles. The predicted octanol–water partition coefficient (Wildman–Crippen LogP) is 14.2. The number of esters is 2. The molecular formula is C47H87NO4. The van der Waals surface area contributed by atoms with Crippen LogP contribution in [0.15, 0.2) is 36.0 Å². The van der Waals surface area contributed by atoms with E-state index in [0.29, 0.717) is 13.0 Å². The Morgan fingerprint density at radius 3 is 1.60 bits per heavy atom. The molecule has 0 amide bonds. The largest absolute Gasteiger partial charge is 0.463 e. The van der Waals surface area contributed by atoms with Crippen molar-refractivity contribution in [2.24, 2.45) is 0 Å².